The maximum Gasteiger partial charge on any atom is 0.238 e. The molecule has 108 valence electrons. The van der Waals surface area contributed by atoms with Gasteiger partial charge in [-0.1, -0.05) is 11.6 Å². The van der Waals surface area contributed by atoms with Crippen molar-refractivity contribution in [1.29, 1.82) is 0 Å². The van der Waals surface area contributed by atoms with Crippen LogP contribution in [0.4, 0.5) is 11.4 Å². The number of nitrogens with zero attached hydrogens (tertiary/aromatic N) is 1. The van der Waals surface area contributed by atoms with Crippen molar-refractivity contribution in [2.24, 2.45) is 0 Å². The fraction of sp³-hybridized carbons (Fsp3) is 0.385. The molecule has 0 saturated carbocycles. The summed E-state index contributed by atoms with van der Waals surface area (Å²) in [6.07, 6.45) is 0.413. The van der Waals surface area contributed by atoms with Gasteiger partial charge in [-0.3, -0.25) is 14.5 Å². The molecule has 0 unspecified atom stereocenters. The summed E-state index contributed by atoms with van der Waals surface area (Å²) in [6.45, 7) is 2.04. The Kier molecular flexibility index (Phi) is 4.81. The Morgan fingerprint density at radius 3 is 3.00 bits per heavy atom. The zero-order chi connectivity index (χ0) is 14.5. The molecule has 0 aromatic heterocycles. The third kappa shape index (κ3) is 4.11. The summed E-state index contributed by atoms with van der Waals surface area (Å²) in [5.74, 6) is -0.138. The normalized spacial score (nSPS) is 16.4. The van der Waals surface area contributed by atoms with Crippen LogP contribution in [0.25, 0.3) is 0 Å². The minimum Gasteiger partial charge on any atom is -0.399 e. The maximum atomic E-state index is 12.0. The van der Waals surface area contributed by atoms with Crippen LogP contribution in [-0.4, -0.2) is 42.9 Å². The highest BCUT2D eigenvalue weighted by Gasteiger charge is 2.16. The van der Waals surface area contributed by atoms with Crippen molar-refractivity contribution >= 4 is 34.8 Å². The Bertz CT molecular complexity index is 521. The van der Waals surface area contributed by atoms with Crippen LogP contribution in [0.5, 0.6) is 0 Å². The van der Waals surface area contributed by atoms with Gasteiger partial charge in [0.05, 0.1) is 17.3 Å². The molecule has 2 rings (SSSR count). The van der Waals surface area contributed by atoms with Crippen LogP contribution in [0.3, 0.4) is 0 Å². The van der Waals surface area contributed by atoms with E-state index >= 15 is 0 Å². The van der Waals surface area contributed by atoms with Gasteiger partial charge in [0.25, 0.3) is 0 Å². The van der Waals surface area contributed by atoms with Crippen LogP contribution in [0.15, 0.2) is 18.2 Å². The molecule has 4 N–H and O–H groups in total. The maximum absolute atomic E-state index is 12.0. The predicted molar refractivity (Wildman–Crippen MR) is 78.6 cm³/mol. The zero-order valence-corrected chi connectivity index (χ0v) is 11.7. The van der Waals surface area contributed by atoms with Gasteiger partial charge in [0.1, 0.15) is 0 Å². The van der Waals surface area contributed by atoms with E-state index in [1.54, 1.807) is 18.2 Å². The molecular formula is C13H17ClN4O2. The van der Waals surface area contributed by atoms with Gasteiger partial charge in [-0.25, -0.2) is 0 Å². The molecule has 1 aliphatic heterocycles. The lowest BCUT2D eigenvalue weighted by Gasteiger charge is -2.18. The number of benzene rings is 1. The van der Waals surface area contributed by atoms with Gasteiger partial charge in [0.2, 0.25) is 11.8 Å². The Hall–Kier alpha value is -1.79. The van der Waals surface area contributed by atoms with Crippen LogP contribution >= 0.6 is 11.6 Å². The molecule has 7 heteroatoms. The summed E-state index contributed by atoms with van der Waals surface area (Å²) >= 11 is 6.00. The molecule has 1 aliphatic rings. The summed E-state index contributed by atoms with van der Waals surface area (Å²) in [6, 6.07) is 4.94. The third-order valence-electron chi connectivity index (χ3n) is 3.04. The summed E-state index contributed by atoms with van der Waals surface area (Å²) < 4.78 is 0. The van der Waals surface area contributed by atoms with E-state index in [-0.39, 0.29) is 18.4 Å². The molecular weight excluding hydrogens is 280 g/mol. The number of carbonyl (C=O) groups is 2. The molecule has 0 radical (unpaired) electrons. The topological polar surface area (TPSA) is 87.5 Å². The second kappa shape index (κ2) is 6.58. The van der Waals surface area contributed by atoms with Crippen molar-refractivity contribution in [3.05, 3.63) is 23.2 Å². The SMILES string of the molecule is Nc1ccc(NC(=O)CN2CCNC(=O)CC2)c(Cl)c1. The van der Waals surface area contributed by atoms with Gasteiger partial charge in [0.15, 0.2) is 0 Å². The predicted octanol–water partition coefficient (Wildman–Crippen LogP) is 0.683. The second-order valence-electron chi connectivity index (χ2n) is 4.66. The first-order valence-corrected chi connectivity index (χ1v) is 6.76. The summed E-state index contributed by atoms with van der Waals surface area (Å²) in [5, 5.41) is 5.92. The number of nitrogen functional groups attached to an aromatic ring is 1. The Morgan fingerprint density at radius 1 is 1.45 bits per heavy atom. The fourth-order valence-electron chi connectivity index (χ4n) is 2.00. The zero-order valence-electron chi connectivity index (χ0n) is 11.0. The molecule has 0 atom stereocenters. The highest BCUT2D eigenvalue weighted by molar-refractivity contribution is 6.34. The molecule has 20 heavy (non-hydrogen) atoms. The fourth-order valence-corrected chi connectivity index (χ4v) is 2.23. The van der Waals surface area contributed by atoms with Crippen LogP contribution in [0.1, 0.15) is 6.42 Å². The van der Waals surface area contributed by atoms with Crippen LogP contribution in [-0.2, 0) is 9.59 Å². The number of nitrogens with one attached hydrogen (secondary N) is 2. The van der Waals surface area contributed by atoms with Crippen LogP contribution < -0.4 is 16.4 Å². The smallest absolute Gasteiger partial charge is 0.238 e. The minimum atomic E-state index is -0.161. The molecule has 1 fully saturated rings. The molecule has 1 heterocycles. The minimum absolute atomic E-state index is 0.0227. The van der Waals surface area contributed by atoms with Crippen molar-refractivity contribution < 1.29 is 9.59 Å². The van der Waals surface area contributed by atoms with E-state index in [1.807, 2.05) is 4.90 Å². The van der Waals surface area contributed by atoms with Crippen molar-refractivity contribution in [2.45, 2.75) is 6.42 Å². The molecule has 0 bridgehead atoms. The number of nitrogens with two attached hydrogens (primary N) is 1. The molecule has 2 amide bonds. The molecule has 0 spiro atoms. The average Bonchev–Trinajstić information content (AvgIpc) is 2.58. The number of hydrogen-bond donors (Lipinski definition) is 3. The Morgan fingerprint density at radius 2 is 2.25 bits per heavy atom. The first-order valence-electron chi connectivity index (χ1n) is 6.38. The summed E-state index contributed by atoms with van der Waals surface area (Å²) in [7, 11) is 0. The third-order valence-corrected chi connectivity index (χ3v) is 3.35. The van der Waals surface area contributed by atoms with Gasteiger partial charge in [-0.15, -0.1) is 0 Å². The Balaban J connectivity index is 1.90. The lowest BCUT2D eigenvalue weighted by molar-refractivity contribution is -0.121. The molecule has 0 aliphatic carbocycles. The quantitative estimate of drug-likeness (QED) is 0.716. The molecule has 6 nitrogen and oxygen atoms in total. The number of halogens is 1. The number of hydrogen-bond acceptors (Lipinski definition) is 4. The lowest BCUT2D eigenvalue weighted by atomic mass is 10.3. The van der Waals surface area contributed by atoms with Gasteiger partial charge >= 0.3 is 0 Å². The van der Waals surface area contributed by atoms with E-state index in [0.29, 0.717) is 42.5 Å². The van der Waals surface area contributed by atoms with Gasteiger partial charge in [-0.2, -0.15) is 0 Å². The standard InChI is InChI=1S/C13H17ClN4O2/c14-10-7-9(15)1-2-11(10)17-13(20)8-18-5-3-12(19)16-4-6-18/h1-2,7H,3-6,8,15H2,(H,16,19)(H,17,20). The lowest BCUT2D eigenvalue weighted by Crippen LogP contribution is -2.35. The monoisotopic (exact) mass is 296 g/mol. The highest BCUT2D eigenvalue weighted by atomic mass is 35.5. The first kappa shape index (κ1) is 14.6. The van der Waals surface area contributed by atoms with E-state index < -0.39 is 0 Å². The van der Waals surface area contributed by atoms with Gasteiger partial charge in [0, 0.05) is 31.7 Å². The highest BCUT2D eigenvalue weighted by Crippen LogP contribution is 2.23. The van der Waals surface area contributed by atoms with Crippen LogP contribution in [0.2, 0.25) is 5.02 Å². The molecule has 1 aromatic carbocycles. The van der Waals surface area contributed by atoms with Crippen molar-refractivity contribution in [3.63, 3.8) is 0 Å². The van der Waals surface area contributed by atoms with Crippen molar-refractivity contribution in [1.82, 2.24) is 10.2 Å². The summed E-state index contributed by atoms with van der Waals surface area (Å²) in [5.41, 5.74) is 6.68. The summed E-state index contributed by atoms with van der Waals surface area (Å²) in [4.78, 5) is 25.1. The number of carbonyl (C=O) groups excluding carboxylic acids is 2. The second-order valence-corrected chi connectivity index (χ2v) is 5.07. The van der Waals surface area contributed by atoms with Gasteiger partial charge < -0.3 is 16.4 Å². The van der Waals surface area contributed by atoms with E-state index in [4.69, 9.17) is 17.3 Å². The Labute approximate surface area is 122 Å². The number of anilines is 2. The van der Waals surface area contributed by atoms with E-state index in [1.165, 1.54) is 0 Å². The van der Waals surface area contributed by atoms with Crippen molar-refractivity contribution in [3.8, 4) is 0 Å². The van der Waals surface area contributed by atoms with E-state index in [2.05, 4.69) is 10.6 Å². The van der Waals surface area contributed by atoms with E-state index in [9.17, 15) is 9.59 Å². The molecule has 1 saturated heterocycles. The van der Waals surface area contributed by atoms with Crippen LogP contribution in [0, 0.1) is 0 Å². The first-order chi connectivity index (χ1) is 9.54. The number of amides is 2. The van der Waals surface area contributed by atoms with Crippen molar-refractivity contribution in [2.75, 3.05) is 37.2 Å². The largest absolute Gasteiger partial charge is 0.399 e. The van der Waals surface area contributed by atoms with Gasteiger partial charge in [-0.05, 0) is 18.2 Å². The average molecular weight is 297 g/mol. The number of rotatable bonds is 3. The van der Waals surface area contributed by atoms with E-state index in [0.717, 1.165) is 0 Å². The molecule has 1 aromatic rings.